The maximum absolute atomic E-state index is 14.4. The highest BCUT2D eigenvalue weighted by atomic mass is 19.1. The summed E-state index contributed by atoms with van der Waals surface area (Å²) < 4.78 is 14.4. The molecule has 5 aromatic carbocycles. The molecule has 0 aromatic heterocycles. The summed E-state index contributed by atoms with van der Waals surface area (Å²) in [7, 11) is 0. The molecule has 1 aliphatic carbocycles. The molecule has 0 fully saturated rings. The predicted octanol–water partition coefficient (Wildman–Crippen LogP) is 7.83. The minimum Gasteiger partial charge on any atom is -0.289 e. The molecular formula is C30H19FO. The number of hydrogen-bond acceptors (Lipinski definition) is 1. The highest BCUT2D eigenvalue weighted by Crippen LogP contribution is 2.51. The second kappa shape index (κ2) is 7.00. The van der Waals surface area contributed by atoms with Crippen LogP contribution in [0.1, 0.15) is 21.5 Å². The summed E-state index contributed by atoms with van der Waals surface area (Å²) in [6.45, 7) is 2.05. The Morgan fingerprint density at radius 1 is 0.562 bits per heavy atom. The quantitative estimate of drug-likeness (QED) is 0.282. The van der Waals surface area contributed by atoms with Crippen molar-refractivity contribution in [2.45, 2.75) is 6.92 Å². The van der Waals surface area contributed by atoms with Gasteiger partial charge in [0.25, 0.3) is 0 Å². The summed E-state index contributed by atoms with van der Waals surface area (Å²) in [4.78, 5) is 13.8. The normalized spacial score (nSPS) is 12.1. The molecular weight excluding hydrogens is 395 g/mol. The van der Waals surface area contributed by atoms with Crippen LogP contribution >= 0.6 is 0 Å². The van der Waals surface area contributed by atoms with Crippen molar-refractivity contribution in [2.75, 3.05) is 0 Å². The Labute approximate surface area is 185 Å². The van der Waals surface area contributed by atoms with Crippen molar-refractivity contribution >= 4 is 16.6 Å². The van der Waals surface area contributed by atoms with E-state index in [0.29, 0.717) is 16.7 Å². The molecule has 0 atom stereocenters. The van der Waals surface area contributed by atoms with Crippen LogP contribution in [0, 0.1) is 12.7 Å². The van der Waals surface area contributed by atoms with E-state index in [0.717, 1.165) is 44.2 Å². The molecule has 1 nitrogen and oxygen atoms in total. The van der Waals surface area contributed by atoms with Crippen molar-refractivity contribution in [1.29, 1.82) is 0 Å². The second-order valence-corrected chi connectivity index (χ2v) is 8.30. The summed E-state index contributed by atoms with van der Waals surface area (Å²) in [5.41, 5.74) is 7.77. The van der Waals surface area contributed by atoms with Crippen LogP contribution in [-0.4, -0.2) is 5.78 Å². The van der Waals surface area contributed by atoms with Gasteiger partial charge in [-0.15, -0.1) is 0 Å². The summed E-state index contributed by atoms with van der Waals surface area (Å²) >= 11 is 0. The van der Waals surface area contributed by atoms with E-state index in [-0.39, 0.29) is 11.6 Å². The van der Waals surface area contributed by atoms with Crippen LogP contribution in [0.15, 0.2) is 97.1 Å². The minimum absolute atomic E-state index is 0.0482. The van der Waals surface area contributed by atoms with Crippen molar-refractivity contribution in [1.82, 2.24) is 0 Å². The Morgan fingerprint density at radius 3 is 1.84 bits per heavy atom. The number of ketones is 1. The van der Waals surface area contributed by atoms with Gasteiger partial charge in [0, 0.05) is 22.3 Å². The molecule has 5 aromatic rings. The van der Waals surface area contributed by atoms with Crippen LogP contribution in [-0.2, 0) is 0 Å². The molecule has 0 heterocycles. The fourth-order valence-electron chi connectivity index (χ4n) is 4.92. The van der Waals surface area contributed by atoms with E-state index in [1.54, 1.807) is 6.07 Å². The Bertz CT molecular complexity index is 1530. The van der Waals surface area contributed by atoms with Crippen molar-refractivity contribution in [3.05, 3.63) is 120 Å². The summed E-state index contributed by atoms with van der Waals surface area (Å²) in [5.74, 6) is -0.387. The lowest BCUT2D eigenvalue weighted by molar-refractivity contribution is 0.104. The smallest absolute Gasteiger partial charge is 0.194 e. The Kier molecular flexibility index (Phi) is 4.09. The Balaban J connectivity index is 1.85. The van der Waals surface area contributed by atoms with Crippen molar-refractivity contribution in [3.63, 3.8) is 0 Å². The molecule has 0 amide bonds. The van der Waals surface area contributed by atoms with E-state index in [1.165, 1.54) is 12.1 Å². The number of carbonyl (C=O) groups is 1. The third kappa shape index (κ3) is 2.66. The third-order valence-corrected chi connectivity index (χ3v) is 6.34. The van der Waals surface area contributed by atoms with Gasteiger partial charge in [-0.25, -0.2) is 4.39 Å². The average molecular weight is 414 g/mol. The summed E-state index contributed by atoms with van der Waals surface area (Å²) in [6, 6.07) is 31.0. The van der Waals surface area contributed by atoms with Crippen LogP contribution in [0.3, 0.4) is 0 Å². The molecule has 0 unspecified atom stereocenters. The standard InChI is InChI=1S/C30H19FO/c1-18-11-13-20(14-12-18)26-22-9-5-6-10-23(22)27(19-7-3-2-4-8-19)29-28(26)25-17-21(31)15-16-24(25)30(29)32/h2-17H,1H3. The van der Waals surface area contributed by atoms with Gasteiger partial charge in [0.2, 0.25) is 0 Å². The molecule has 0 radical (unpaired) electrons. The van der Waals surface area contributed by atoms with Crippen LogP contribution in [0.5, 0.6) is 0 Å². The van der Waals surface area contributed by atoms with Gasteiger partial charge in [-0.1, -0.05) is 84.4 Å². The van der Waals surface area contributed by atoms with Crippen LogP contribution in [0.2, 0.25) is 0 Å². The van der Waals surface area contributed by atoms with Crippen molar-refractivity contribution < 1.29 is 9.18 Å². The molecule has 0 spiro atoms. The SMILES string of the molecule is Cc1ccc(-c2c3c(c(-c4ccccc4)c4ccccc24)C(=O)c2ccc(F)cc2-3)cc1. The first kappa shape index (κ1) is 18.7. The van der Waals surface area contributed by atoms with Gasteiger partial charge in [-0.05, 0) is 58.1 Å². The lowest BCUT2D eigenvalue weighted by atomic mass is 9.83. The first-order chi connectivity index (χ1) is 15.6. The van der Waals surface area contributed by atoms with Gasteiger partial charge in [-0.3, -0.25) is 4.79 Å². The molecule has 2 heteroatoms. The second-order valence-electron chi connectivity index (χ2n) is 8.30. The predicted molar refractivity (Wildman–Crippen MR) is 128 cm³/mol. The van der Waals surface area contributed by atoms with E-state index >= 15 is 0 Å². The number of halogens is 1. The fourth-order valence-corrected chi connectivity index (χ4v) is 4.92. The van der Waals surface area contributed by atoms with Gasteiger partial charge in [0.05, 0.1) is 0 Å². The molecule has 32 heavy (non-hydrogen) atoms. The van der Waals surface area contributed by atoms with Crippen LogP contribution < -0.4 is 0 Å². The molecule has 0 bridgehead atoms. The average Bonchev–Trinajstić information content (AvgIpc) is 3.10. The first-order valence-corrected chi connectivity index (χ1v) is 10.7. The number of aryl methyl sites for hydroxylation is 1. The van der Waals surface area contributed by atoms with E-state index in [2.05, 4.69) is 43.3 Å². The zero-order valence-electron chi connectivity index (χ0n) is 17.5. The maximum atomic E-state index is 14.4. The number of rotatable bonds is 2. The van der Waals surface area contributed by atoms with Gasteiger partial charge < -0.3 is 0 Å². The zero-order valence-corrected chi connectivity index (χ0v) is 17.5. The van der Waals surface area contributed by atoms with Crippen LogP contribution in [0.25, 0.3) is 44.2 Å². The van der Waals surface area contributed by atoms with Crippen molar-refractivity contribution in [3.8, 4) is 33.4 Å². The Hall–Kier alpha value is -4.04. The molecule has 0 saturated carbocycles. The highest BCUT2D eigenvalue weighted by molar-refractivity contribution is 6.31. The maximum Gasteiger partial charge on any atom is 0.194 e. The molecule has 0 N–H and O–H groups in total. The first-order valence-electron chi connectivity index (χ1n) is 10.7. The molecule has 1 aliphatic rings. The number of fused-ring (bicyclic) bond motifs is 4. The highest BCUT2D eigenvalue weighted by Gasteiger charge is 2.34. The monoisotopic (exact) mass is 414 g/mol. The van der Waals surface area contributed by atoms with Gasteiger partial charge in [-0.2, -0.15) is 0 Å². The minimum atomic E-state index is -0.339. The number of carbonyl (C=O) groups excluding carboxylic acids is 1. The van der Waals surface area contributed by atoms with Gasteiger partial charge >= 0.3 is 0 Å². The Morgan fingerprint density at radius 2 is 1.16 bits per heavy atom. The van der Waals surface area contributed by atoms with E-state index in [1.807, 2.05) is 42.5 Å². The lowest BCUT2D eigenvalue weighted by Crippen LogP contribution is -2.01. The lowest BCUT2D eigenvalue weighted by Gasteiger charge is -2.19. The molecule has 6 rings (SSSR count). The van der Waals surface area contributed by atoms with E-state index in [9.17, 15) is 9.18 Å². The summed E-state index contributed by atoms with van der Waals surface area (Å²) in [6.07, 6.45) is 0. The molecule has 0 saturated heterocycles. The van der Waals surface area contributed by atoms with E-state index < -0.39 is 0 Å². The van der Waals surface area contributed by atoms with Crippen molar-refractivity contribution in [2.24, 2.45) is 0 Å². The van der Waals surface area contributed by atoms with E-state index in [4.69, 9.17) is 0 Å². The number of benzene rings is 5. The zero-order chi connectivity index (χ0) is 21.8. The summed E-state index contributed by atoms with van der Waals surface area (Å²) in [5, 5.41) is 2.08. The third-order valence-electron chi connectivity index (χ3n) is 6.34. The number of hydrogen-bond donors (Lipinski definition) is 0. The largest absolute Gasteiger partial charge is 0.289 e. The molecule has 152 valence electrons. The topological polar surface area (TPSA) is 17.1 Å². The van der Waals surface area contributed by atoms with Gasteiger partial charge in [0.15, 0.2) is 5.78 Å². The molecule has 0 aliphatic heterocycles. The van der Waals surface area contributed by atoms with Crippen LogP contribution in [0.4, 0.5) is 4.39 Å². The fraction of sp³-hybridized carbons (Fsp3) is 0.0333. The van der Waals surface area contributed by atoms with Gasteiger partial charge in [0.1, 0.15) is 5.82 Å².